The number of ether oxygens (including phenoxy) is 2. The van der Waals surface area contributed by atoms with Crippen LogP contribution in [0, 0.1) is 19.7 Å². The Morgan fingerprint density at radius 1 is 1.02 bits per heavy atom. The number of para-hydroxylation sites is 1. The fourth-order valence-electron chi connectivity index (χ4n) is 5.55. The number of methoxy groups -OCH3 is 2. The fraction of sp³-hybridized carbons (Fsp3) is 0.229. The Kier molecular flexibility index (Phi) is 9.88. The molecule has 2 aromatic heterocycles. The molecule has 246 valence electrons. The third-order valence-electron chi connectivity index (χ3n) is 7.92. The molecule has 1 atom stereocenters. The van der Waals surface area contributed by atoms with Crippen LogP contribution < -0.4 is 14.8 Å². The number of hydrogen-bond donors (Lipinski definition) is 1. The summed E-state index contributed by atoms with van der Waals surface area (Å²) in [6, 6.07) is 20.9. The fourth-order valence-corrected chi connectivity index (χ4v) is 7.09. The Bertz CT molecular complexity index is 1990. The van der Waals surface area contributed by atoms with Gasteiger partial charge in [-0.3, -0.25) is 14.2 Å². The summed E-state index contributed by atoms with van der Waals surface area (Å²) in [7, 11) is 3.16. The van der Waals surface area contributed by atoms with Gasteiger partial charge in [-0.05, 0) is 60.7 Å². The van der Waals surface area contributed by atoms with Crippen molar-refractivity contribution >= 4 is 40.6 Å². The number of amides is 2. The molecular formula is C35H33FN6O4S2. The van der Waals surface area contributed by atoms with E-state index < -0.39 is 17.8 Å². The molecule has 48 heavy (non-hydrogen) atoms. The second-order valence-corrected chi connectivity index (χ2v) is 12.9. The quantitative estimate of drug-likeness (QED) is 0.158. The number of halogens is 1. The minimum atomic E-state index is -0.613. The molecule has 1 N–H and O–H groups in total. The topological polar surface area (TPSA) is 111 Å². The molecule has 0 saturated heterocycles. The highest BCUT2D eigenvalue weighted by atomic mass is 32.2. The lowest BCUT2D eigenvalue weighted by Crippen LogP contribution is -2.29. The summed E-state index contributed by atoms with van der Waals surface area (Å²) in [5, 5.41) is 20.3. The molecule has 1 aliphatic rings. The smallest absolute Gasteiger partial charge is 0.254 e. The Labute approximate surface area is 285 Å². The molecule has 1 unspecified atom stereocenters. The first kappa shape index (κ1) is 32.9. The van der Waals surface area contributed by atoms with Crippen LogP contribution in [0.25, 0.3) is 5.69 Å². The maximum atomic E-state index is 14.3. The summed E-state index contributed by atoms with van der Waals surface area (Å²) >= 11 is 2.79. The van der Waals surface area contributed by atoms with E-state index in [0.29, 0.717) is 28.9 Å². The zero-order chi connectivity index (χ0) is 33.8. The monoisotopic (exact) mass is 684 g/mol. The summed E-state index contributed by atoms with van der Waals surface area (Å²) in [5.74, 6) is 0.146. The van der Waals surface area contributed by atoms with Crippen LogP contribution in [-0.4, -0.2) is 57.3 Å². The molecule has 6 rings (SSSR count). The van der Waals surface area contributed by atoms with Crippen molar-refractivity contribution in [1.29, 1.82) is 0 Å². The first-order chi connectivity index (χ1) is 23.3. The van der Waals surface area contributed by atoms with Crippen molar-refractivity contribution in [3.8, 4) is 17.2 Å². The van der Waals surface area contributed by atoms with Gasteiger partial charge in [0.2, 0.25) is 0 Å². The van der Waals surface area contributed by atoms with Gasteiger partial charge in [0, 0.05) is 12.0 Å². The van der Waals surface area contributed by atoms with Crippen LogP contribution in [0.3, 0.4) is 0 Å². The van der Waals surface area contributed by atoms with E-state index in [1.165, 1.54) is 35.0 Å². The maximum absolute atomic E-state index is 14.3. The van der Waals surface area contributed by atoms with Crippen molar-refractivity contribution in [2.45, 2.75) is 38.0 Å². The first-order valence-electron chi connectivity index (χ1n) is 15.1. The number of carbonyl (C=O) groups excluding carboxylic acids is 2. The summed E-state index contributed by atoms with van der Waals surface area (Å²) < 4.78 is 27.4. The number of thiophene rings is 1. The lowest BCUT2D eigenvalue weighted by atomic mass is 9.99. The number of hydrazone groups is 1. The van der Waals surface area contributed by atoms with Crippen molar-refractivity contribution in [3.63, 3.8) is 0 Å². The van der Waals surface area contributed by atoms with Crippen molar-refractivity contribution in [1.82, 2.24) is 25.1 Å². The number of nitrogens with zero attached hydrogens (tertiary/aromatic N) is 5. The van der Waals surface area contributed by atoms with Crippen molar-refractivity contribution in [2.24, 2.45) is 5.10 Å². The summed E-state index contributed by atoms with van der Waals surface area (Å²) in [5.41, 5.74) is 4.31. The highest BCUT2D eigenvalue weighted by Crippen LogP contribution is 2.42. The molecule has 3 aromatic carbocycles. The van der Waals surface area contributed by atoms with Gasteiger partial charge < -0.3 is 14.8 Å². The number of hydrogen-bond acceptors (Lipinski definition) is 9. The molecule has 13 heteroatoms. The molecule has 0 aliphatic carbocycles. The summed E-state index contributed by atoms with van der Waals surface area (Å²) in [6.45, 7) is 3.93. The third-order valence-corrected chi connectivity index (χ3v) is 9.75. The Hall–Kier alpha value is -5.01. The number of nitrogens with one attached hydrogen (secondary N) is 1. The summed E-state index contributed by atoms with van der Waals surface area (Å²) in [4.78, 5) is 27.8. The van der Waals surface area contributed by atoms with Gasteiger partial charge in [0.05, 0.1) is 54.4 Å². The van der Waals surface area contributed by atoms with Gasteiger partial charge in [-0.2, -0.15) is 5.10 Å². The lowest BCUT2D eigenvalue weighted by Gasteiger charge is -2.24. The van der Waals surface area contributed by atoms with E-state index >= 15 is 0 Å². The number of thioether (sulfide) groups is 1. The van der Waals surface area contributed by atoms with Crippen molar-refractivity contribution in [2.75, 3.05) is 20.0 Å². The van der Waals surface area contributed by atoms with Gasteiger partial charge in [0.15, 0.2) is 22.5 Å². The van der Waals surface area contributed by atoms with Gasteiger partial charge in [-0.15, -0.1) is 21.5 Å². The number of rotatable bonds is 11. The van der Waals surface area contributed by atoms with E-state index in [1.54, 1.807) is 31.6 Å². The normalized spacial score (nSPS) is 14.1. The second kappa shape index (κ2) is 14.4. The number of carbonyl (C=O) groups is 2. The molecule has 0 spiro atoms. The molecule has 1 aliphatic heterocycles. The zero-order valence-corrected chi connectivity index (χ0v) is 28.4. The van der Waals surface area contributed by atoms with E-state index in [0.717, 1.165) is 33.0 Å². The molecule has 0 fully saturated rings. The molecular weight excluding hydrogens is 652 g/mol. The molecule has 10 nitrogen and oxygen atoms in total. The Morgan fingerprint density at radius 2 is 1.85 bits per heavy atom. The predicted octanol–water partition coefficient (Wildman–Crippen LogP) is 6.50. The molecule has 3 heterocycles. The SMILES string of the molecule is COc1cccc(C2CC(c3cccs3)=NN2C(=O)CSc2nnc(CNC(=O)c3ccccc3F)n2-c2cc(C)ccc2C)c1OC. The maximum Gasteiger partial charge on any atom is 0.254 e. The molecule has 5 aromatic rings. The average Bonchev–Trinajstić information content (AvgIpc) is 3.87. The third kappa shape index (κ3) is 6.69. The highest BCUT2D eigenvalue weighted by molar-refractivity contribution is 7.99. The van der Waals surface area contributed by atoms with E-state index in [1.807, 2.05) is 72.3 Å². The van der Waals surface area contributed by atoms with Gasteiger partial charge in [-0.25, -0.2) is 9.40 Å². The van der Waals surface area contributed by atoms with E-state index in [-0.39, 0.29) is 23.8 Å². The lowest BCUT2D eigenvalue weighted by molar-refractivity contribution is -0.130. The van der Waals surface area contributed by atoms with Crippen LogP contribution in [0.1, 0.15) is 50.2 Å². The van der Waals surface area contributed by atoms with E-state index in [9.17, 15) is 14.0 Å². The van der Waals surface area contributed by atoms with Crippen molar-refractivity contribution < 1.29 is 23.5 Å². The van der Waals surface area contributed by atoms with Crippen LogP contribution in [-0.2, 0) is 11.3 Å². The Balaban J connectivity index is 1.29. The largest absolute Gasteiger partial charge is 0.493 e. The number of aromatic nitrogens is 3. The van der Waals surface area contributed by atoms with Crippen LogP contribution >= 0.6 is 23.1 Å². The first-order valence-corrected chi connectivity index (χ1v) is 17.0. The number of aryl methyl sites for hydroxylation is 2. The molecule has 2 amide bonds. The zero-order valence-electron chi connectivity index (χ0n) is 26.8. The minimum Gasteiger partial charge on any atom is -0.493 e. The van der Waals surface area contributed by atoms with Crippen LogP contribution in [0.2, 0.25) is 0 Å². The van der Waals surface area contributed by atoms with Gasteiger partial charge in [0.1, 0.15) is 5.82 Å². The minimum absolute atomic E-state index is 0.00852. The predicted molar refractivity (Wildman–Crippen MR) is 184 cm³/mol. The van der Waals surface area contributed by atoms with E-state index in [2.05, 4.69) is 15.5 Å². The van der Waals surface area contributed by atoms with E-state index in [4.69, 9.17) is 14.6 Å². The van der Waals surface area contributed by atoms with Gasteiger partial charge >= 0.3 is 0 Å². The van der Waals surface area contributed by atoms with Crippen LogP contribution in [0.5, 0.6) is 11.5 Å². The molecule has 0 bridgehead atoms. The van der Waals surface area contributed by atoms with Crippen LogP contribution in [0.15, 0.2) is 88.4 Å². The van der Waals surface area contributed by atoms with Gasteiger partial charge in [-0.1, -0.05) is 54.2 Å². The van der Waals surface area contributed by atoms with Crippen molar-refractivity contribution in [3.05, 3.63) is 117 Å². The molecule has 0 saturated carbocycles. The highest BCUT2D eigenvalue weighted by Gasteiger charge is 2.36. The van der Waals surface area contributed by atoms with Gasteiger partial charge in [0.25, 0.3) is 11.8 Å². The average molecular weight is 685 g/mol. The molecule has 0 radical (unpaired) electrons. The summed E-state index contributed by atoms with van der Waals surface area (Å²) in [6.07, 6.45) is 0.505. The number of benzene rings is 3. The second-order valence-electron chi connectivity index (χ2n) is 11.0. The Morgan fingerprint density at radius 3 is 2.60 bits per heavy atom. The standard InChI is InChI=1S/C35H33FN6O4S2/c1-21-14-15-22(2)27(17-21)41-31(19-37-34(44)23-9-5-6-11-25(23)36)38-39-35(41)48-20-32(43)42-28(18-26(40-42)30-13-8-16-47-30)24-10-7-12-29(45-3)33(24)46-4/h5-17,28H,18-20H2,1-4H3,(H,37,44). The van der Waals surface area contributed by atoms with Crippen LogP contribution in [0.4, 0.5) is 4.39 Å².